The molecule has 108 valence electrons. The Morgan fingerprint density at radius 3 is 2.15 bits per heavy atom. The maximum absolute atomic E-state index is 12.1. The second-order valence-corrected chi connectivity index (χ2v) is 5.05. The molecule has 5 nitrogen and oxygen atoms in total. The second-order valence-electron chi connectivity index (χ2n) is 5.05. The molecule has 1 aromatic carbocycles. The van der Waals surface area contributed by atoms with Gasteiger partial charge in [-0.3, -0.25) is 9.59 Å². The number of aryl methyl sites for hydroxylation is 2. The van der Waals surface area contributed by atoms with E-state index in [0.29, 0.717) is 5.56 Å². The molecule has 0 heterocycles. The predicted octanol–water partition coefficient (Wildman–Crippen LogP) is 1.26. The average molecular weight is 276 g/mol. The monoisotopic (exact) mass is 276 g/mol. The highest BCUT2D eigenvalue weighted by atomic mass is 16.2. The number of carbonyl (C=O) groups is 3. The Bertz CT molecular complexity index is 518. The quantitative estimate of drug-likeness (QED) is 0.819. The Hall–Kier alpha value is -2.17. The lowest BCUT2D eigenvalue weighted by molar-refractivity contribution is -0.120. The number of ketones is 1. The highest BCUT2D eigenvalue weighted by Crippen LogP contribution is 2.09. The van der Waals surface area contributed by atoms with Crippen LogP contribution < -0.4 is 11.1 Å². The summed E-state index contributed by atoms with van der Waals surface area (Å²) < 4.78 is 0. The van der Waals surface area contributed by atoms with E-state index in [0.717, 1.165) is 11.1 Å². The lowest BCUT2D eigenvalue weighted by atomic mass is 10.1. The molecule has 2 amide bonds. The van der Waals surface area contributed by atoms with Crippen molar-refractivity contribution < 1.29 is 14.4 Å². The Labute approximate surface area is 118 Å². The highest BCUT2D eigenvalue weighted by molar-refractivity contribution is 5.97. The van der Waals surface area contributed by atoms with E-state index in [1.165, 1.54) is 6.92 Å². The molecule has 1 aromatic rings. The molecule has 0 saturated heterocycles. The molecule has 1 atom stereocenters. The molecule has 20 heavy (non-hydrogen) atoms. The third-order valence-corrected chi connectivity index (χ3v) is 2.92. The van der Waals surface area contributed by atoms with Crippen molar-refractivity contribution in [2.45, 2.75) is 39.7 Å². The third-order valence-electron chi connectivity index (χ3n) is 2.92. The Kier molecular flexibility index (Phi) is 5.43. The highest BCUT2D eigenvalue weighted by Gasteiger charge is 2.19. The van der Waals surface area contributed by atoms with E-state index in [2.05, 4.69) is 5.32 Å². The Morgan fingerprint density at radius 2 is 1.70 bits per heavy atom. The van der Waals surface area contributed by atoms with Crippen molar-refractivity contribution in [3.8, 4) is 0 Å². The van der Waals surface area contributed by atoms with Gasteiger partial charge in [0.1, 0.15) is 11.8 Å². The molecule has 0 saturated carbocycles. The molecule has 1 rings (SSSR count). The fourth-order valence-electron chi connectivity index (χ4n) is 1.98. The van der Waals surface area contributed by atoms with Crippen LogP contribution in [0.15, 0.2) is 18.2 Å². The van der Waals surface area contributed by atoms with Gasteiger partial charge in [-0.2, -0.15) is 0 Å². The first-order valence-corrected chi connectivity index (χ1v) is 6.47. The second kappa shape index (κ2) is 6.84. The van der Waals surface area contributed by atoms with Crippen LogP contribution in [0.5, 0.6) is 0 Å². The smallest absolute Gasteiger partial charge is 0.251 e. The summed E-state index contributed by atoms with van der Waals surface area (Å²) in [5, 5.41) is 2.58. The van der Waals surface area contributed by atoms with Crippen molar-refractivity contribution in [3.63, 3.8) is 0 Å². The first kappa shape index (κ1) is 15.9. The topological polar surface area (TPSA) is 89.3 Å². The minimum atomic E-state index is -0.827. The zero-order valence-electron chi connectivity index (χ0n) is 12.0. The number of hydrogen-bond acceptors (Lipinski definition) is 3. The molecule has 5 heteroatoms. The van der Waals surface area contributed by atoms with Crippen LogP contribution >= 0.6 is 0 Å². The summed E-state index contributed by atoms with van der Waals surface area (Å²) in [6, 6.07) is 4.61. The van der Waals surface area contributed by atoms with Gasteiger partial charge in [0, 0.05) is 12.0 Å². The Morgan fingerprint density at radius 1 is 1.15 bits per heavy atom. The number of primary amides is 1. The molecule has 0 unspecified atom stereocenters. The van der Waals surface area contributed by atoms with Crippen LogP contribution in [0.1, 0.15) is 41.3 Å². The SMILES string of the molecule is CC(=O)CC[C@@H](NC(=O)c1cc(C)cc(C)c1)C(N)=O. The van der Waals surface area contributed by atoms with Crippen molar-refractivity contribution >= 4 is 17.6 Å². The van der Waals surface area contributed by atoms with Crippen molar-refractivity contribution in [1.29, 1.82) is 0 Å². The molecule has 0 spiro atoms. The fraction of sp³-hybridized carbons (Fsp3) is 0.400. The largest absolute Gasteiger partial charge is 0.368 e. The van der Waals surface area contributed by atoms with E-state index in [-0.39, 0.29) is 24.5 Å². The summed E-state index contributed by atoms with van der Waals surface area (Å²) in [7, 11) is 0. The lowest BCUT2D eigenvalue weighted by Crippen LogP contribution is -2.44. The summed E-state index contributed by atoms with van der Waals surface area (Å²) in [5.74, 6) is -1.04. The first-order valence-electron chi connectivity index (χ1n) is 6.47. The number of Topliss-reactive ketones (excluding diaryl/α,β-unsaturated/α-hetero) is 1. The molecule has 0 aliphatic heterocycles. The van der Waals surface area contributed by atoms with E-state index in [4.69, 9.17) is 5.73 Å². The van der Waals surface area contributed by atoms with Crippen LogP contribution in [-0.2, 0) is 9.59 Å². The van der Waals surface area contributed by atoms with E-state index in [1.807, 2.05) is 19.9 Å². The number of nitrogens with two attached hydrogens (primary N) is 1. The van der Waals surface area contributed by atoms with Gasteiger partial charge in [0.15, 0.2) is 0 Å². The molecule has 0 bridgehead atoms. The van der Waals surface area contributed by atoms with E-state index in [1.54, 1.807) is 12.1 Å². The standard InChI is InChI=1S/C15H20N2O3/c1-9-6-10(2)8-12(7-9)15(20)17-13(14(16)19)5-4-11(3)18/h6-8,13H,4-5H2,1-3H3,(H2,16,19)(H,17,20)/t13-/m1/s1. The number of nitrogens with one attached hydrogen (secondary N) is 1. The average Bonchev–Trinajstić information content (AvgIpc) is 2.32. The number of carbonyl (C=O) groups excluding carboxylic acids is 3. The third kappa shape index (κ3) is 4.84. The summed E-state index contributed by atoms with van der Waals surface area (Å²) in [4.78, 5) is 34.4. The normalized spacial score (nSPS) is 11.8. The van der Waals surface area contributed by atoms with Crippen molar-refractivity contribution in [1.82, 2.24) is 5.32 Å². The van der Waals surface area contributed by atoms with Crippen LogP contribution in [0.4, 0.5) is 0 Å². The maximum atomic E-state index is 12.1. The van der Waals surface area contributed by atoms with Crippen molar-refractivity contribution in [2.24, 2.45) is 5.73 Å². The number of benzene rings is 1. The Balaban J connectivity index is 2.79. The number of amides is 2. The summed E-state index contributed by atoms with van der Waals surface area (Å²) in [5.41, 5.74) is 7.66. The first-order chi connectivity index (χ1) is 9.29. The van der Waals surface area contributed by atoms with Crippen LogP contribution in [-0.4, -0.2) is 23.6 Å². The fourth-order valence-corrected chi connectivity index (χ4v) is 1.98. The lowest BCUT2D eigenvalue weighted by Gasteiger charge is -2.15. The molecule has 0 fully saturated rings. The molecule has 0 aliphatic carbocycles. The zero-order valence-corrected chi connectivity index (χ0v) is 12.0. The van der Waals surface area contributed by atoms with Gasteiger partial charge in [0.25, 0.3) is 5.91 Å². The van der Waals surface area contributed by atoms with Crippen molar-refractivity contribution in [2.75, 3.05) is 0 Å². The van der Waals surface area contributed by atoms with Crippen molar-refractivity contribution in [3.05, 3.63) is 34.9 Å². The van der Waals surface area contributed by atoms with Crippen LogP contribution in [0.2, 0.25) is 0 Å². The molecule has 3 N–H and O–H groups in total. The maximum Gasteiger partial charge on any atom is 0.251 e. The van der Waals surface area contributed by atoms with Crippen LogP contribution in [0.25, 0.3) is 0 Å². The zero-order chi connectivity index (χ0) is 15.3. The molecule has 0 radical (unpaired) electrons. The van der Waals surface area contributed by atoms with Crippen LogP contribution in [0, 0.1) is 13.8 Å². The molecule has 0 aromatic heterocycles. The summed E-state index contributed by atoms with van der Waals surface area (Å²) in [6.07, 6.45) is 0.432. The number of rotatable bonds is 6. The van der Waals surface area contributed by atoms with Gasteiger partial charge in [0.05, 0.1) is 0 Å². The predicted molar refractivity (Wildman–Crippen MR) is 76.3 cm³/mol. The van der Waals surface area contributed by atoms with Gasteiger partial charge < -0.3 is 15.8 Å². The van der Waals surface area contributed by atoms with Gasteiger partial charge >= 0.3 is 0 Å². The van der Waals surface area contributed by atoms with E-state index < -0.39 is 11.9 Å². The summed E-state index contributed by atoms with van der Waals surface area (Å²) in [6.45, 7) is 5.22. The van der Waals surface area contributed by atoms with E-state index in [9.17, 15) is 14.4 Å². The van der Waals surface area contributed by atoms with Gasteiger partial charge in [-0.1, -0.05) is 17.2 Å². The molecular weight excluding hydrogens is 256 g/mol. The summed E-state index contributed by atoms with van der Waals surface area (Å²) >= 11 is 0. The minimum Gasteiger partial charge on any atom is -0.368 e. The minimum absolute atomic E-state index is 0.0445. The van der Waals surface area contributed by atoms with Gasteiger partial charge in [-0.25, -0.2) is 0 Å². The number of hydrogen-bond donors (Lipinski definition) is 2. The van der Waals surface area contributed by atoms with Gasteiger partial charge in [0.2, 0.25) is 5.91 Å². The molecule has 0 aliphatic rings. The van der Waals surface area contributed by atoms with Crippen LogP contribution in [0.3, 0.4) is 0 Å². The van der Waals surface area contributed by atoms with Gasteiger partial charge in [-0.05, 0) is 39.3 Å². The molecular formula is C15H20N2O3. The van der Waals surface area contributed by atoms with Gasteiger partial charge in [-0.15, -0.1) is 0 Å². The van der Waals surface area contributed by atoms with E-state index >= 15 is 0 Å².